The van der Waals surface area contributed by atoms with Crippen molar-refractivity contribution < 1.29 is 18.4 Å². The largest absolute Gasteiger partial charge is 0.322 e. The molecule has 1 unspecified atom stereocenters. The molecule has 0 radical (unpaired) electrons. The number of halogens is 3. The minimum atomic E-state index is -0.850. The third-order valence-electron chi connectivity index (χ3n) is 7.63. The molecule has 3 aliphatic rings. The van der Waals surface area contributed by atoms with Gasteiger partial charge in [0.05, 0.1) is 28.2 Å². The summed E-state index contributed by atoms with van der Waals surface area (Å²) >= 11 is 2.84. The zero-order chi connectivity index (χ0) is 25.6. The minimum Gasteiger partial charge on any atom is -0.322 e. The number of amides is 2. The molecule has 1 N–H and O–H groups in total. The Labute approximate surface area is 216 Å². The van der Waals surface area contributed by atoms with Crippen LogP contribution in [-0.2, 0) is 16.1 Å². The second kappa shape index (κ2) is 9.41. The molecule has 2 aromatic rings. The van der Waals surface area contributed by atoms with Crippen LogP contribution in [0.4, 0.5) is 14.5 Å². The molecule has 1 aliphatic carbocycles. The predicted octanol–water partition coefficient (Wildman–Crippen LogP) is 5.45. The molecule has 2 fully saturated rings. The molecular weight excluding hydrogens is 530 g/mol. The lowest BCUT2D eigenvalue weighted by atomic mass is 9.68. The van der Waals surface area contributed by atoms with E-state index in [0.717, 1.165) is 49.8 Å². The third-order valence-corrected chi connectivity index (χ3v) is 8.39. The van der Waals surface area contributed by atoms with Gasteiger partial charge in [-0.1, -0.05) is 24.6 Å². The van der Waals surface area contributed by atoms with Crippen molar-refractivity contribution in [1.29, 1.82) is 5.26 Å². The van der Waals surface area contributed by atoms with E-state index in [-0.39, 0.29) is 28.2 Å². The SMILES string of the molecule is CC12CCCN1N(Cc1ccccc1C#N)C(=O)C(C(=O)Nc1cc(F)c(Br)c(F)c1)=C2C1CCC1. The Hall–Kier alpha value is -3.09. The van der Waals surface area contributed by atoms with Crippen molar-refractivity contribution in [3.8, 4) is 6.07 Å². The smallest absolute Gasteiger partial charge is 0.274 e. The molecule has 2 aromatic carbocycles. The van der Waals surface area contributed by atoms with Crippen molar-refractivity contribution >= 4 is 33.4 Å². The lowest BCUT2D eigenvalue weighted by molar-refractivity contribution is -0.158. The highest BCUT2D eigenvalue weighted by molar-refractivity contribution is 9.10. The van der Waals surface area contributed by atoms with Crippen molar-refractivity contribution in [1.82, 2.24) is 10.0 Å². The first-order chi connectivity index (χ1) is 17.2. The van der Waals surface area contributed by atoms with Crippen molar-refractivity contribution in [3.63, 3.8) is 0 Å². The number of nitrogens with one attached hydrogen (secondary N) is 1. The van der Waals surface area contributed by atoms with Gasteiger partial charge in [0.15, 0.2) is 0 Å². The Balaban J connectivity index is 1.58. The van der Waals surface area contributed by atoms with Crippen molar-refractivity contribution in [2.24, 2.45) is 5.92 Å². The van der Waals surface area contributed by atoms with Crippen LogP contribution < -0.4 is 5.32 Å². The third kappa shape index (κ3) is 4.02. The van der Waals surface area contributed by atoms with Gasteiger partial charge in [0.1, 0.15) is 17.2 Å². The highest BCUT2D eigenvalue weighted by Gasteiger charge is 2.54. The first kappa shape index (κ1) is 24.6. The number of hydrogen-bond acceptors (Lipinski definition) is 4. The molecule has 1 saturated carbocycles. The molecule has 186 valence electrons. The summed E-state index contributed by atoms with van der Waals surface area (Å²) < 4.78 is 27.9. The molecule has 2 heterocycles. The van der Waals surface area contributed by atoms with Crippen LogP contribution >= 0.6 is 15.9 Å². The van der Waals surface area contributed by atoms with Gasteiger partial charge in [-0.15, -0.1) is 0 Å². The zero-order valence-corrected chi connectivity index (χ0v) is 21.4. The first-order valence-corrected chi connectivity index (χ1v) is 12.8. The van der Waals surface area contributed by atoms with E-state index >= 15 is 0 Å². The van der Waals surface area contributed by atoms with Crippen LogP contribution in [0.3, 0.4) is 0 Å². The molecule has 0 spiro atoms. The first-order valence-electron chi connectivity index (χ1n) is 12.0. The van der Waals surface area contributed by atoms with Crippen molar-refractivity contribution in [2.75, 3.05) is 11.9 Å². The van der Waals surface area contributed by atoms with Crippen LogP contribution in [0.15, 0.2) is 52.0 Å². The quantitative estimate of drug-likeness (QED) is 0.394. The number of rotatable bonds is 5. The van der Waals surface area contributed by atoms with E-state index in [4.69, 9.17) is 0 Å². The molecule has 0 aromatic heterocycles. The lowest BCUT2D eigenvalue weighted by Crippen LogP contribution is -2.61. The Morgan fingerprint density at radius 1 is 1.22 bits per heavy atom. The van der Waals surface area contributed by atoms with Gasteiger partial charge in [-0.3, -0.25) is 14.6 Å². The molecule has 1 atom stereocenters. The van der Waals surface area contributed by atoms with Crippen LogP contribution in [-0.4, -0.2) is 33.9 Å². The Morgan fingerprint density at radius 2 is 1.92 bits per heavy atom. The van der Waals surface area contributed by atoms with E-state index in [1.165, 1.54) is 0 Å². The molecule has 36 heavy (non-hydrogen) atoms. The maximum absolute atomic E-state index is 14.1. The summed E-state index contributed by atoms with van der Waals surface area (Å²) in [5.41, 5.74) is 1.41. The maximum atomic E-state index is 14.1. The number of carbonyl (C=O) groups excluding carboxylic acids is 2. The number of fused-ring (bicyclic) bond motifs is 1. The van der Waals surface area contributed by atoms with Crippen LogP contribution in [0, 0.1) is 28.9 Å². The molecule has 6 nitrogen and oxygen atoms in total. The van der Waals surface area contributed by atoms with E-state index in [9.17, 15) is 23.6 Å². The summed E-state index contributed by atoms with van der Waals surface area (Å²) in [6.07, 6.45) is 4.44. The van der Waals surface area contributed by atoms with Gasteiger partial charge >= 0.3 is 0 Å². The fraction of sp³-hybridized carbons (Fsp3) is 0.370. The van der Waals surface area contributed by atoms with E-state index < -0.39 is 29.0 Å². The molecule has 9 heteroatoms. The Kier molecular flexibility index (Phi) is 6.43. The summed E-state index contributed by atoms with van der Waals surface area (Å²) in [6.45, 7) is 2.87. The second-order valence-corrected chi connectivity index (χ2v) is 10.5. The summed E-state index contributed by atoms with van der Waals surface area (Å²) in [7, 11) is 0. The molecular formula is C27H25BrF2N4O2. The number of hydrazine groups is 1. The molecule has 0 bridgehead atoms. The fourth-order valence-corrected chi connectivity index (χ4v) is 5.93. The van der Waals surface area contributed by atoms with Gasteiger partial charge in [0, 0.05) is 12.2 Å². The van der Waals surface area contributed by atoms with Gasteiger partial charge in [0.25, 0.3) is 11.8 Å². The molecule has 1 saturated heterocycles. The fourth-order valence-electron chi connectivity index (χ4n) is 5.70. The second-order valence-electron chi connectivity index (χ2n) is 9.76. The number of hydrogen-bond donors (Lipinski definition) is 1. The normalized spacial score (nSPS) is 22.3. The molecule has 2 amide bonds. The van der Waals surface area contributed by atoms with Gasteiger partial charge in [-0.25, -0.2) is 13.8 Å². The van der Waals surface area contributed by atoms with Crippen LogP contribution in [0.1, 0.15) is 50.2 Å². The summed E-state index contributed by atoms with van der Waals surface area (Å²) in [5, 5.41) is 15.8. The standard InChI is InChI=1S/C27H25BrF2N4O2/c1-27-10-5-11-34(27)33(15-18-7-3-2-6-17(18)14-31)26(36)22(23(27)16-8-4-9-16)25(35)32-19-12-20(29)24(28)21(30)13-19/h2-3,6-7,12-13,16H,4-5,8-11,15H2,1H3,(H,32,35). The minimum absolute atomic E-state index is 0.0403. The molecule has 5 rings (SSSR count). The van der Waals surface area contributed by atoms with Gasteiger partial charge < -0.3 is 5.32 Å². The zero-order valence-electron chi connectivity index (χ0n) is 19.8. The maximum Gasteiger partial charge on any atom is 0.274 e. The van der Waals surface area contributed by atoms with Gasteiger partial charge in [-0.05, 0) is 83.8 Å². The highest BCUT2D eigenvalue weighted by Crippen LogP contribution is 2.50. The summed E-state index contributed by atoms with van der Waals surface area (Å²) in [4.78, 5) is 27.7. The predicted molar refractivity (Wildman–Crippen MR) is 133 cm³/mol. The van der Waals surface area contributed by atoms with E-state index in [2.05, 4.69) is 34.2 Å². The van der Waals surface area contributed by atoms with Crippen LogP contribution in [0.2, 0.25) is 0 Å². The number of nitrogens with zero attached hydrogens (tertiary/aromatic N) is 3. The number of anilines is 1. The number of nitriles is 1. The van der Waals surface area contributed by atoms with Crippen molar-refractivity contribution in [3.05, 3.63) is 74.8 Å². The Bertz CT molecular complexity index is 1310. The average Bonchev–Trinajstić information content (AvgIpc) is 3.21. The number of carbonyl (C=O) groups is 2. The lowest BCUT2D eigenvalue weighted by Gasteiger charge is -2.51. The van der Waals surface area contributed by atoms with Crippen molar-refractivity contribution in [2.45, 2.75) is 51.1 Å². The van der Waals surface area contributed by atoms with Gasteiger partial charge in [-0.2, -0.15) is 5.26 Å². The van der Waals surface area contributed by atoms with Crippen LogP contribution in [0.5, 0.6) is 0 Å². The summed E-state index contributed by atoms with van der Waals surface area (Å²) in [6, 6.07) is 11.3. The highest BCUT2D eigenvalue weighted by atomic mass is 79.9. The topological polar surface area (TPSA) is 76.4 Å². The van der Waals surface area contributed by atoms with Gasteiger partial charge in [0.2, 0.25) is 0 Å². The van der Waals surface area contributed by atoms with E-state index in [1.807, 2.05) is 11.1 Å². The Morgan fingerprint density at radius 3 is 2.56 bits per heavy atom. The van der Waals surface area contributed by atoms with Crippen LogP contribution in [0.25, 0.3) is 0 Å². The summed E-state index contributed by atoms with van der Waals surface area (Å²) in [5.74, 6) is -2.73. The van der Waals surface area contributed by atoms with E-state index in [0.29, 0.717) is 17.7 Å². The average molecular weight is 555 g/mol. The van der Waals surface area contributed by atoms with E-state index in [1.54, 1.807) is 23.2 Å². The molecule has 2 aliphatic heterocycles. The number of benzene rings is 2. The monoisotopic (exact) mass is 554 g/mol.